The molecule has 0 bridgehead atoms. The van der Waals surface area contributed by atoms with Gasteiger partial charge < -0.3 is 14.9 Å². The van der Waals surface area contributed by atoms with Crippen molar-refractivity contribution >= 4 is 15.5 Å². The summed E-state index contributed by atoms with van der Waals surface area (Å²) < 4.78 is 27.7. The van der Waals surface area contributed by atoms with Gasteiger partial charge in [0.15, 0.2) is 9.84 Å². The minimum atomic E-state index is -3.52. The molecule has 0 spiro atoms. The number of benzene rings is 1. The van der Waals surface area contributed by atoms with E-state index in [1.54, 1.807) is 6.07 Å². The van der Waals surface area contributed by atoms with E-state index < -0.39 is 9.84 Å². The van der Waals surface area contributed by atoms with Gasteiger partial charge in [-0.1, -0.05) is 40.7 Å². The van der Waals surface area contributed by atoms with Gasteiger partial charge in [0.25, 0.3) is 0 Å². The fraction of sp³-hybridized carbons (Fsp3) is 0.714. The molecule has 0 aromatic heterocycles. The predicted octanol–water partition coefficient (Wildman–Crippen LogP) is 4.90. The third kappa shape index (κ3) is 3.46. The smallest absolute Gasteiger partial charge is 0.179 e. The summed E-state index contributed by atoms with van der Waals surface area (Å²) in [5.41, 5.74) is 2.06. The predicted molar refractivity (Wildman–Crippen MR) is 138 cm³/mol. The van der Waals surface area contributed by atoms with E-state index in [1.165, 1.54) is 6.42 Å². The largest absolute Gasteiger partial charge is 0.508 e. The van der Waals surface area contributed by atoms with Gasteiger partial charge in [-0.05, 0) is 67.5 Å². The Morgan fingerprint density at radius 1 is 1.03 bits per heavy atom. The van der Waals surface area contributed by atoms with Crippen LogP contribution in [0.25, 0.3) is 5.70 Å². The molecule has 1 saturated heterocycles. The number of fused-ring (bicyclic) bond motifs is 5. The van der Waals surface area contributed by atoms with Crippen molar-refractivity contribution in [3.05, 3.63) is 29.8 Å². The molecule has 2 aliphatic heterocycles. The van der Waals surface area contributed by atoms with Crippen molar-refractivity contribution in [1.82, 2.24) is 9.80 Å². The van der Waals surface area contributed by atoms with Crippen molar-refractivity contribution in [2.24, 2.45) is 22.7 Å². The van der Waals surface area contributed by atoms with Crippen LogP contribution in [0.1, 0.15) is 70.9 Å². The number of phenolic OH excluding ortho intramolecular Hbond substituents is 1. The van der Waals surface area contributed by atoms with E-state index in [-0.39, 0.29) is 33.7 Å². The molecule has 1 N–H and O–H groups in total. The highest BCUT2D eigenvalue weighted by Crippen LogP contribution is 2.67. The van der Waals surface area contributed by atoms with E-state index >= 15 is 0 Å². The summed E-state index contributed by atoms with van der Waals surface area (Å²) in [5, 5.41) is 11.4. The normalized spacial score (nSPS) is 36.8. The molecule has 2 aliphatic carbocycles. The molecule has 4 atom stereocenters. The molecule has 5 nitrogen and oxygen atoms in total. The average molecular weight is 487 g/mol. The highest BCUT2D eigenvalue weighted by Gasteiger charge is 2.62. The Labute approximate surface area is 206 Å². The van der Waals surface area contributed by atoms with Gasteiger partial charge >= 0.3 is 0 Å². The molecule has 4 aliphatic rings. The molecule has 0 amide bonds. The highest BCUT2D eigenvalue weighted by molar-refractivity contribution is 7.91. The molecule has 1 aromatic carbocycles. The Morgan fingerprint density at radius 2 is 1.71 bits per heavy atom. The summed E-state index contributed by atoms with van der Waals surface area (Å²) in [6, 6.07) is 3.59. The van der Waals surface area contributed by atoms with Crippen LogP contribution < -0.4 is 0 Å². The molecule has 188 valence electrons. The van der Waals surface area contributed by atoms with E-state index in [0.717, 1.165) is 63.1 Å². The number of hydrogen-bond donors (Lipinski definition) is 1. The van der Waals surface area contributed by atoms with Gasteiger partial charge in [-0.2, -0.15) is 0 Å². The standard InChI is InChI=1S/C28H42N2O3S/c1-19(30-14-12-29(6)13-15-30)20-16-21(31)25-22(17-20)34(32,33)18-24-27(4)10-7-9-26(2,3)23(27)8-11-28(24,25)5/h16-17,23-24,31H,1,7-15,18H2,2-6H3/t23-,24+,27-,28+/m0/s1. The summed E-state index contributed by atoms with van der Waals surface area (Å²) in [5.74, 6) is 0.856. The van der Waals surface area contributed by atoms with E-state index in [2.05, 4.69) is 51.1 Å². The number of sulfone groups is 1. The molecular weight excluding hydrogens is 444 g/mol. The Hall–Kier alpha value is -1.53. The minimum Gasteiger partial charge on any atom is -0.508 e. The van der Waals surface area contributed by atoms with Crippen molar-refractivity contribution in [3.63, 3.8) is 0 Å². The van der Waals surface area contributed by atoms with Crippen LogP contribution in [0.3, 0.4) is 0 Å². The molecule has 0 radical (unpaired) electrons. The first kappa shape index (κ1) is 24.2. The first-order valence-corrected chi connectivity index (χ1v) is 14.7. The van der Waals surface area contributed by atoms with Crippen molar-refractivity contribution in [2.45, 2.75) is 70.1 Å². The van der Waals surface area contributed by atoms with E-state index in [1.807, 2.05) is 6.07 Å². The van der Waals surface area contributed by atoms with Gasteiger partial charge in [-0.3, -0.25) is 0 Å². The Balaban J connectivity index is 1.58. The van der Waals surface area contributed by atoms with Crippen molar-refractivity contribution in [2.75, 3.05) is 39.0 Å². The zero-order valence-corrected chi connectivity index (χ0v) is 22.5. The fourth-order valence-corrected chi connectivity index (χ4v) is 10.8. The van der Waals surface area contributed by atoms with Crippen molar-refractivity contribution in [3.8, 4) is 5.75 Å². The van der Waals surface area contributed by atoms with E-state index in [4.69, 9.17) is 0 Å². The minimum absolute atomic E-state index is 0.0217. The number of phenols is 1. The van der Waals surface area contributed by atoms with Gasteiger partial charge in [0.2, 0.25) is 0 Å². The number of nitrogens with zero attached hydrogens (tertiary/aromatic N) is 2. The maximum absolute atomic E-state index is 13.8. The second-order valence-electron chi connectivity index (χ2n) is 12.8. The highest BCUT2D eigenvalue weighted by atomic mass is 32.2. The van der Waals surface area contributed by atoms with Gasteiger partial charge in [0.05, 0.1) is 10.6 Å². The van der Waals surface area contributed by atoms with Gasteiger partial charge in [0, 0.05) is 48.4 Å². The summed E-state index contributed by atoms with van der Waals surface area (Å²) >= 11 is 0. The number of piperazine rings is 1. The molecule has 3 fully saturated rings. The fourth-order valence-electron chi connectivity index (χ4n) is 8.48. The van der Waals surface area contributed by atoms with Crippen molar-refractivity contribution in [1.29, 1.82) is 0 Å². The van der Waals surface area contributed by atoms with Crippen LogP contribution in [0.15, 0.2) is 23.6 Å². The zero-order chi connectivity index (χ0) is 24.7. The Kier molecular flexibility index (Phi) is 5.50. The SMILES string of the molecule is C=C(c1cc(O)c2c(c1)S(=O)(=O)C[C@@H]1[C@@]3(C)CCCC(C)(C)[C@@H]3CC[C@@]21C)N1CCN(C)CC1. The lowest BCUT2D eigenvalue weighted by molar-refractivity contribution is -0.0984. The Morgan fingerprint density at radius 3 is 2.38 bits per heavy atom. The number of likely N-dealkylation sites (N-methyl/N-ethyl adjacent to an activating group) is 1. The lowest BCUT2D eigenvalue weighted by Crippen LogP contribution is -2.59. The van der Waals surface area contributed by atoms with E-state index in [9.17, 15) is 13.5 Å². The van der Waals surface area contributed by atoms with Crippen LogP contribution in [0, 0.1) is 22.7 Å². The maximum Gasteiger partial charge on any atom is 0.179 e. The molecule has 1 aromatic rings. The lowest BCUT2D eigenvalue weighted by Gasteiger charge is -2.63. The van der Waals surface area contributed by atoms with Gasteiger partial charge in [0.1, 0.15) is 5.75 Å². The third-order valence-electron chi connectivity index (χ3n) is 10.4. The quantitative estimate of drug-likeness (QED) is 0.644. The van der Waals surface area contributed by atoms with Crippen LogP contribution in [0.5, 0.6) is 5.75 Å². The number of hydrogen-bond acceptors (Lipinski definition) is 5. The van der Waals surface area contributed by atoms with Crippen LogP contribution in [-0.2, 0) is 15.3 Å². The third-order valence-corrected chi connectivity index (χ3v) is 12.1. The van der Waals surface area contributed by atoms with Gasteiger partial charge in [-0.15, -0.1) is 0 Å². The molecule has 34 heavy (non-hydrogen) atoms. The lowest BCUT2D eigenvalue weighted by atomic mass is 9.43. The van der Waals surface area contributed by atoms with Crippen molar-refractivity contribution < 1.29 is 13.5 Å². The van der Waals surface area contributed by atoms with Crippen LogP contribution in [0.4, 0.5) is 0 Å². The van der Waals surface area contributed by atoms with Crippen LogP contribution in [-0.4, -0.2) is 62.3 Å². The first-order valence-electron chi connectivity index (χ1n) is 13.0. The number of aromatic hydroxyl groups is 1. The number of rotatable bonds is 2. The second kappa shape index (κ2) is 7.73. The Bertz CT molecular complexity index is 1120. The first-order chi connectivity index (χ1) is 15.8. The zero-order valence-electron chi connectivity index (χ0n) is 21.7. The second-order valence-corrected chi connectivity index (χ2v) is 14.8. The van der Waals surface area contributed by atoms with E-state index in [0.29, 0.717) is 16.4 Å². The molecule has 2 heterocycles. The average Bonchev–Trinajstić information content (AvgIpc) is 2.74. The topological polar surface area (TPSA) is 60.9 Å². The monoisotopic (exact) mass is 486 g/mol. The summed E-state index contributed by atoms with van der Waals surface area (Å²) in [4.78, 5) is 4.83. The molecule has 5 rings (SSSR count). The maximum atomic E-state index is 13.8. The van der Waals surface area contributed by atoms with Gasteiger partial charge in [-0.25, -0.2) is 8.42 Å². The summed E-state index contributed by atoms with van der Waals surface area (Å²) in [6.45, 7) is 17.2. The molecular formula is C28H42N2O3S. The molecule has 2 saturated carbocycles. The molecule has 6 heteroatoms. The summed E-state index contributed by atoms with van der Waals surface area (Å²) in [6.07, 6.45) is 5.45. The van der Waals surface area contributed by atoms with Crippen LogP contribution in [0.2, 0.25) is 0 Å². The van der Waals surface area contributed by atoms with Crippen LogP contribution >= 0.6 is 0 Å². The molecule has 0 unspecified atom stereocenters. The summed E-state index contributed by atoms with van der Waals surface area (Å²) in [7, 11) is -1.41.